The van der Waals surface area contributed by atoms with Crippen molar-refractivity contribution in [1.29, 1.82) is 0 Å². The number of aliphatic hydroxyl groups excluding tert-OH is 1. The third kappa shape index (κ3) is 7.99. The van der Waals surface area contributed by atoms with Crippen LogP contribution in [0.1, 0.15) is 33.6 Å². The van der Waals surface area contributed by atoms with E-state index in [-0.39, 0.29) is 39.2 Å². The molecule has 0 spiro atoms. The maximum atomic E-state index is 12.2. The van der Waals surface area contributed by atoms with Gasteiger partial charge >= 0.3 is 17.9 Å². The van der Waals surface area contributed by atoms with Gasteiger partial charge < -0.3 is 19.3 Å². The molecule has 0 bridgehead atoms. The number of carbonyl (C=O) groups is 3. The van der Waals surface area contributed by atoms with Crippen molar-refractivity contribution < 1.29 is 33.7 Å². The summed E-state index contributed by atoms with van der Waals surface area (Å²) in [4.78, 5) is 42.7. The van der Waals surface area contributed by atoms with Crippen LogP contribution in [0.5, 0.6) is 0 Å². The van der Waals surface area contributed by atoms with Gasteiger partial charge in [0.05, 0.1) is 31.4 Å². The van der Waals surface area contributed by atoms with E-state index in [1.807, 2.05) is 11.8 Å². The average Bonchev–Trinajstić information content (AvgIpc) is 3.71. The Labute approximate surface area is 189 Å². The summed E-state index contributed by atoms with van der Waals surface area (Å²) in [6, 6.07) is 1.36. The number of hydrogen-bond donors (Lipinski definition) is 1. The molecule has 0 amide bonds. The Morgan fingerprint density at radius 2 is 1.12 bits per heavy atom. The molecule has 6 unspecified atom stereocenters. The fourth-order valence-electron chi connectivity index (χ4n) is 3.51. The SMILES string of the molecule is CC1CN1CCC(=O)OCC(CO)(COC(=O)CCN1CC1C)COC(=O)CN1CC1C. The number of aliphatic hydroxyl groups is 1. The minimum absolute atomic E-state index is 0.171. The monoisotopic (exact) mass is 455 g/mol. The fraction of sp³-hybridized carbons (Fsp3) is 0.864. The molecule has 0 aromatic heterocycles. The van der Waals surface area contributed by atoms with Crippen molar-refractivity contribution in [3.8, 4) is 0 Å². The maximum Gasteiger partial charge on any atom is 0.320 e. The van der Waals surface area contributed by atoms with Gasteiger partial charge in [0.1, 0.15) is 19.8 Å². The Bertz CT molecular complexity index is 652. The Balaban J connectivity index is 1.47. The molecule has 182 valence electrons. The molecule has 0 aliphatic carbocycles. The average molecular weight is 456 g/mol. The summed E-state index contributed by atoms with van der Waals surface area (Å²) in [6.45, 7) is 9.38. The van der Waals surface area contributed by atoms with E-state index in [9.17, 15) is 19.5 Å². The summed E-state index contributed by atoms with van der Waals surface area (Å²) >= 11 is 0. The zero-order valence-electron chi connectivity index (χ0n) is 19.5. The molecule has 1 N–H and O–H groups in total. The van der Waals surface area contributed by atoms with Gasteiger partial charge in [-0.2, -0.15) is 0 Å². The van der Waals surface area contributed by atoms with Crippen molar-refractivity contribution in [2.24, 2.45) is 5.41 Å². The lowest BCUT2D eigenvalue weighted by Crippen LogP contribution is -2.43. The molecule has 0 saturated carbocycles. The van der Waals surface area contributed by atoms with Gasteiger partial charge in [-0.25, -0.2) is 0 Å². The third-order valence-electron chi connectivity index (χ3n) is 6.46. The molecular formula is C22H37N3O7. The summed E-state index contributed by atoms with van der Waals surface area (Å²) in [7, 11) is 0. The van der Waals surface area contributed by atoms with Crippen LogP contribution in [0.2, 0.25) is 0 Å². The highest BCUT2D eigenvalue weighted by molar-refractivity contribution is 5.72. The highest BCUT2D eigenvalue weighted by Gasteiger charge is 2.38. The van der Waals surface area contributed by atoms with Gasteiger partial charge in [-0.15, -0.1) is 0 Å². The zero-order chi connectivity index (χ0) is 23.3. The van der Waals surface area contributed by atoms with Crippen molar-refractivity contribution in [3.63, 3.8) is 0 Å². The molecule has 0 radical (unpaired) electrons. The molecule has 3 heterocycles. The predicted molar refractivity (Wildman–Crippen MR) is 115 cm³/mol. The smallest absolute Gasteiger partial charge is 0.320 e. The predicted octanol–water partition coefficient (Wildman–Crippen LogP) is -0.513. The zero-order valence-corrected chi connectivity index (χ0v) is 19.5. The highest BCUT2D eigenvalue weighted by Crippen LogP contribution is 2.22. The van der Waals surface area contributed by atoms with Crippen LogP contribution in [0, 0.1) is 5.41 Å². The normalized spacial score (nSPS) is 31.9. The van der Waals surface area contributed by atoms with Crippen molar-refractivity contribution >= 4 is 17.9 Å². The van der Waals surface area contributed by atoms with Gasteiger partial charge in [-0.3, -0.25) is 29.1 Å². The van der Waals surface area contributed by atoms with Crippen molar-refractivity contribution in [2.75, 3.05) is 65.7 Å². The van der Waals surface area contributed by atoms with Gasteiger partial charge in [0.25, 0.3) is 0 Å². The maximum absolute atomic E-state index is 12.2. The first-order chi connectivity index (χ1) is 15.2. The molecule has 3 saturated heterocycles. The molecular weight excluding hydrogens is 418 g/mol. The molecule has 3 aliphatic rings. The van der Waals surface area contributed by atoms with E-state index < -0.39 is 29.9 Å². The van der Waals surface area contributed by atoms with Crippen LogP contribution >= 0.6 is 0 Å². The Morgan fingerprint density at radius 1 is 0.750 bits per heavy atom. The van der Waals surface area contributed by atoms with Gasteiger partial charge in [-0.05, 0) is 20.8 Å². The number of hydrogen-bond acceptors (Lipinski definition) is 10. The quantitative estimate of drug-likeness (QED) is 0.197. The summed E-state index contributed by atoms with van der Waals surface area (Å²) in [5, 5.41) is 10.1. The van der Waals surface area contributed by atoms with Crippen LogP contribution in [-0.4, -0.2) is 122 Å². The lowest BCUT2D eigenvalue weighted by Gasteiger charge is -2.30. The first kappa shape index (κ1) is 24.9. The summed E-state index contributed by atoms with van der Waals surface area (Å²) in [6.07, 6.45) is 0.485. The summed E-state index contributed by atoms with van der Waals surface area (Å²) in [5.74, 6) is -1.21. The van der Waals surface area contributed by atoms with Crippen LogP contribution in [0.4, 0.5) is 0 Å². The third-order valence-corrected chi connectivity index (χ3v) is 6.46. The summed E-state index contributed by atoms with van der Waals surface area (Å²) < 4.78 is 16.1. The van der Waals surface area contributed by atoms with Gasteiger partial charge in [0.15, 0.2) is 0 Å². The van der Waals surface area contributed by atoms with Crippen molar-refractivity contribution in [2.45, 2.75) is 51.7 Å². The lowest BCUT2D eigenvalue weighted by atomic mass is 9.92. The van der Waals surface area contributed by atoms with E-state index in [0.717, 1.165) is 19.6 Å². The second kappa shape index (κ2) is 10.9. The Morgan fingerprint density at radius 3 is 1.47 bits per heavy atom. The number of nitrogens with zero attached hydrogens (tertiary/aromatic N) is 3. The molecule has 3 fully saturated rings. The Kier molecular flexibility index (Phi) is 8.49. The molecule has 6 atom stereocenters. The minimum Gasteiger partial charge on any atom is -0.465 e. The molecule has 3 rings (SSSR count). The van der Waals surface area contributed by atoms with E-state index in [2.05, 4.69) is 23.6 Å². The standard InChI is InChI=1S/C22H37N3O7/c1-16-8-23(16)6-4-19(27)30-13-22(12-26,15-32-21(29)11-25-10-18(25)3)14-31-20(28)5-7-24-9-17(24)2/h16-18,26H,4-15H2,1-3H3. The van der Waals surface area contributed by atoms with E-state index in [4.69, 9.17) is 14.2 Å². The van der Waals surface area contributed by atoms with Gasteiger partial charge in [0.2, 0.25) is 0 Å². The van der Waals surface area contributed by atoms with Crippen LogP contribution in [-0.2, 0) is 28.6 Å². The van der Waals surface area contributed by atoms with Crippen LogP contribution in [0.15, 0.2) is 0 Å². The van der Waals surface area contributed by atoms with E-state index in [1.165, 1.54) is 0 Å². The molecule has 32 heavy (non-hydrogen) atoms. The second-order valence-corrected chi connectivity index (χ2v) is 9.61. The van der Waals surface area contributed by atoms with Crippen LogP contribution in [0.25, 0.3) is 0 Å². The number of rotatable bonds is 15. The number of esters is 3. The van der Waals surface area contributed by atoms with E-state index in [0.29, 0.717) is 31.2 Å². The molecule has 0 aromatic rings. The number of carbonyl (C=O) groups excluding carboxylic acids is 3. The van der Waals surface area contributed by atoms with E-state index in [1.54, 1.807) is 0 Å². The number of ether oxygens (including phenoxy) is 3. The molecule has 3 aliphatic heterocycles. The largest absolute Gasteiger partial charge is 0.465 e. The highest BCUT2D eigenvalue weighted by atomic mass is 16.6. The van der Waals surface area contributed by atoms with Crippen molar-refractivity contribution in [3.05, 3.63) is 0 Å². The minimum atomic E-state index is -1.19. The first-order valence-corrected chi connectivity index (χ1v) is 11.5. The first-order valence-electron chi connectivity index (χ1n) is 11.5. The van der Waals surface area contributed by atoms with E-state index >= 15 is 0 Å². The van der Waals surface area contributed by atoms with Gasteiger partial charge in [0, 0.05) is 50.8 Å². The molecule has 0 aromatic carbocycles. The topological polar surface area (TPSA) is 108 Å². The van der Waals surface area contributed by atoms with Crippen molar-refractivity contribution in [1.82, 2.24) is 14.7 Å². The fourth-order valence-corrected chi connectivity index (χ4v) is 3.51. The lowest BCUT2D eigenvalue weighted by molar-refractivity contribution is -0.165. The van der Waals surface area contributed by atoms with Crippen LogP contribution in [0.3, 0.4) is 0 Å². The van der Waals surface area contributed by atoms with Crippen LogP contribution < -0.4 is 0 Å². The Hall–Kier alpha value is -1.75. The van der Waals surface area contributed by atoms with Gasteiger partial charge in [-0.1, -0.05) is 0 Å². The summed E-state index contributed by atoms with van der Waals surface area (Å²) in [5.41, 5.74) is -1.19. The molecule has 10 heteroatoms. The molecule has 10 nitrogen and oxygen atoms in total. The second-order valence-electron chi connectivity index (χ2n) is 9.61.